The number of aryl methyl sites for hydroxylation is 2. The van der Waals surface area contributed by atoms with Crippen molar-refractivity contribution in [2.45, 2.75) is 26.8 Å². The summed E-state index contributed by atoms with van der Waals surface area (Å²) in [5, 5.41) is 9.01. The lowest BCUT2D eigenvalue weighted by Crippen LogP contribution is -2.27. The van der Waals surface area contributed by atoms with E-state index in [0.29, 0.717) is 17.9 Å². The SMILES string of the molecule is Cc1ccccc1CC(=O)N(C)Cc1cc(C(=O)O)c(C)o1. The van der Waals surface area contributed by atoms with Gasteiger partial charge in [0.05, 0.1) is 13.0 Å². The first-order valence-corrected chi connectivity index (χ1v) is 6.99. The number of carbonyl (C=O) groups excluding carboxylic acids is 1. The Kier molecular flexibility index (Phi) is 4.65. The van der Waals surface area contributed by atoms with E-state index >= 15 is 0 Å². The summed E-state index contributed by atoms with van der Waals surface area (Å²) in [7, 11) is 1.68. The maximum atomic E-state index is 12.3. The van der Waals surface area contributed by atoms with Crippen molar-refractivity contribution >= 4 is 11.9 Å². The number of hydrogen-bond acceptors (Lipinski definition) is 3. The van der Waals surface area contributed by atoms with Crippen LogP contribution in [0.25, 0.3) is 0 Å². The Labute approximate surface area is 129 Å². The molecule has 0 aliphatic rings. The van der Waals surface area contributed by atoms with Crippen LogP contribution in [-0.4, -0.2) is 28.9 Å². The predicted molar refractivity (Wildman–Crippen MR) is 81.8 cm³/mol. The molecule has 2 rings (SSSR count). The van der Waals surface area contributed by atoms with Gasteiger partial charge in [0, 0.05) is 7.05 Å². The van der Waals surface area contributed by atoms with E-state index in [0.717, 1.165) is 11.1 Å². The zero-order valence-electron chi connectivity index (χ0n) is 12.9. The van der Waals surface area contributed by atoms with Gasteiger partial charge in [-0.1, -0.05) is 24.3 Å². The molecule has 0 radical (unpaired) electrons. The molecule has 116 valence electrons. The molecular weight excluding hydrogens is 282 g/mol. The molecule has 1 N–H and O–H groups in total. The first-order chi connectivity index (χ1) is 10.4. The van der Waals surface area contributed by atoms with Gasteiger partial charge in [-0.05, 0) is 31.0 Å². The monoisotopic (exact) mass is 301 g/mol. The topological polar surface area (TPSA) is 70.8 Å². The van der Waals surface area contributed by atoms with Crippen molar-refractivity contribution in [3.05, 3.63) is 58.5 Å². The van der Waals surface area contributed by atoms with Gasteiger partial charge < -0.3 is 14.4 Å². The highest BCUT2D eigenvalue weighted by atomic mass is 16.4. The summed E-state index contributed by atoms with van der Waals surface area (Å²) >= 11 is 0. The average Bonchev–Trinajstić information content (AvgIpc) is 2.82. The summed E-state index contributed by atoms with van der Waals surface area (Å²) in [6.45, 7) is 3.82. The minimum absolute atomic E-state index is 0.0415. The molecule has 0 atom stereocenters. The second kappa shape index (κ2) is 6.47. The Morgan fingerprint density at radius 3 is 2.50 bits per heavy atom. The number of nitrogens with zero attached hydrogens (tertiary/aromatic N) is 1. The van der Waals surface area contributed by atoms with Crippen molar-refractivity contribution in [3.8, 4) is 0 Å². The van der Waals surface area contributed by atoms with Crippen LogP contribution in [0.2, 0.25) is 0 Å². The Balaban J connectivity index is 2.04. The molecule has 1 aromatic heterocycles. The first kappa shape index (κ1) is 15.8. The number of hydrogen-bond donors (Lipinski definition) is 1. The Morgan fingerprint density at radius 2 is 1.91 bits per heavy atom. The van der Waals surface area contributed by atoms with Gasteiger partial charge in [0.15, 0.2) is 0 Å². The van der Waals surface area contributed by atoms with Crippen LogP contribution >= 0.6 is 0 Å². The molecule has 0 saturated carbocycles. The quantitative estimate of drug-likeness (QED) is 0.922. The molecule has 22 heavy (non-hydrogen) atoms. The lowest BCUT2D eigenvalue weighted by atomic mass is 10.1. The molecule has 0 aliphatic heterocycles. The largest absolute Gasteiger partial charge is 0.478 e. The van der Waals surface area contributed by atoms with Gasteiger partial charge in [-0.15, -0.1) is 0 Å². The van der Waals surface area contributed by atoms with E-state index in [2.05, 4.69) is 0 Å². The maximum absolute atomic E-state index is 12.3. The van der Waals surface area contributed by atoms with Crippen molar-refractivity contribution in [1.82, 2.24) is 4.90 Å². The van der Waals surface area contributed by atoms with Crippen LogP contribution in [0.4, 0.5) is 0 Å². The maximum Gasteiger partial charge on any atom is 0.339 e. The van der Waals surface area contributed by atoms with E-state index in [9.17, 15) is 9.59 Å². The van der Waals surface area contributed by atoms with E-state index in [1.54, 1.807) is 14.0 Å². The van der Waals surface area contributed by atoms with Gasteiger partial charge in [0.25, 0.3) is 0 Å². The number of aromatic carboxylic acids is 1. The van der Waals surface area contributed by atoms with Crippen LogP contribution in [0.15, 0.2) is 34.7 Å². The van der Waals surface area contributed by atoms with Gasteiger partial charge >= 0.3 is 5.97 Å². The molecule has 0 aliphatic carbocycles. The zero-order chi connectivity index (χ0) is 16.3. The lowest BCUT2D eigenvalue weighted by molar-refractivity contribution is -0.129. The third-order valence-electron chi connectivity index (χ3n) is 3.62. The summed E-state index contributed by atoms with van der Waals surface area (Å²) in [4.78, 5) is 24.8. The summed E-state index contributed by atoms with van der Waals surface area (Å²) in [5.74, 6) is -0.251. The molecule has 0 saturated heterocycles. The number of carboxylic acid groups (broad SMARTS) is 1. The number of benzene rings is 1. The third-order valence-corrected chi connectivity index (χ3v) is 3.62. The van der Waals surface area contributed by atoms with Crippen molar-refractivity contribution in [1.29, 1.82) is 0 Å². The van der Waals surface area contributed by atoms with Crippen molar-refractivity contribution in [3.63, 3.8) is 0 Å². The van der Waals surface area contributed by atoms with Crippen LogP contribution in [0.3, 0.4) is 0 Å². The van der Waals surface area contributed by atoms with E-state index < -0.39 is 5.97 Å². The van der Waals surface area contributed by atoms with Gasteiger partial charge in [-0.25, -0.2) is 4.79 Å². The number of furan rings is 1. The summed E-state index contributed by atoms with van der Waals surface area (Å²) in [6.07, 6.45) is 0.314. The normalized spacial score (nSPS) is 10.5. The fourth-order valence-electron chi connectivity index (χ4n) is 2.26. The van der Waals surface area contributed by atoms with Crippen LogP contribution in [-0.2, 0) is 17.8 Å². The molecule has 0 bridgehead atoms. The number of amides is 1. The first-order valence-electron chi connectivity index (χ1n) is 6.99. The second-order valence-corrected chi connectivity index (χ2v) is 5.34. The van der Waals surface area contributed by atoms with Crippen molar-refractivity contribution < 1.29 is 19.1 Å². The Hall–Kier alpha value is -2.56. The Bertz CT molecular complexity index is 702. The molecular formula is C17H19NO4. The van der Waals surface area contributed by atoms with E-state index in [1.807, 2.05) is 31.2 Å². The summed E-state index contributed by atoms with van der Waals surface area (Å²) < 4.78 is 5.40. The van der Waals surface area contributed by atoms with Gasteiger partial charge in [0.2, 0.25) is 5.91 Å². The predicted octanol–water partition coefficient (Wildman–Crippen LogP) is 2.80. The van der Waals surface area contributed by atoms with Crippen LogP contribution in [0.1, 0.15) is 33.0 Å². The Morgan fingerprint density at radius 1 is 1.23 bits per heavy atom. The molecule has 5 nitrogen and oxygen atoms in total. The van der Waals surface area contributed by atoms with E-state index in [4.69, 9.17) is 9.52 Å². The van der Waals surface area contributed by atoms with Gasteiger partial charge in [-0.3, -0.25) is 4.79 Å². The summed E-state index contributed by atoms with van der Waals surface area (Å²) in [6, 6.07) is 9.21. The standard InChI is InChI=1S/C17H19NO4/c1-11-6-4-5-7-13(11)8-16(19)18(3)10-14-9-15(17(20)21)12(2)22-14/h4-7,9H,8,10H2,1-3H3,(H,20,21). The lowest BCUT2D eigenvalue weighted by Gasteiger charge is -2.16. The van der Waals surface area contributed by atoms with Gasteiger partial charge in [0.1, 0.15) is 17.1 Å². The molecule has 1 heterocycles. The molecule has 1 aromatic carbocycles. The highest BCUT2D eigenvalue weighted by Gasteiger charge is 2.17. The van der Waals surface area contributed by atoms with Crippen molar-refractivity contribution in [2.75, 3.05) is 7.05 Å². The van der Waals surface area contributed by atoms with E-state index in [-0.39, 0.29) is 18.0 Å². The highest BCUT2D eigenvalue weighted by Crippen LogP contribution is 2.17. The van der Waals surface area contributed by atoms with Crippen LogP contribution in [0, 0.1) is 13.8 Å². The second-order valence-electron chi connectivity index (χ2n) is 5.34. The van der Waals surface area contributed by atoms with Crippen molar-refractivity contribution in [2.24, 2.45) is 0 Å². The van der Waals surface area contributed by atoms with Gasteiger partial charge in [-0.2, -0.15) is 0 Å². The minimum Gasteiger partial charge on any atom is -0.478 e. The van der Waals surface area contributed by atoms with E-state index in [1.165, 1.54) is 11.0 Å². The molecule has 1 amide bonds. The molecule has 0 spiro atoms. The summed E-state index contributed by atoms with van der Waals surface area (Å²) in [5.41, 5.74) is 2.20. The van der Waals surface area contributed by atoms with Crippen LogP contribution in [0.5, 0.6) is 0 Å². The number of likely N-dealkylation sites (N-methyl/N-ethyl adjacent to an activating group) is 1. The zero-order valence-corrected chi connectivity index (χ0v) is 12.9. The van der Waals surface area contributed by atoms with Crippen LogP contribution < -0.4 is 0 Å². The molecule has 0 fully saturated rings. The third kappa shape index (κ3) is 3.55. The average molecular weight is 301 g/mol. The highest BCUT2D eigenvalue weighted by molar-refractivity contribution is 5.88. The molecule has 0 unspecified atom stereocenters. The minimum atomic E-state index is -1.03. The smallest absolute Gasteiger partial charge is 0.339 e. The fraction of sp³-hybridized carbons (Fsp3) is 0.294. The number of carboxylic acids is 1. The molecule has 5 heteroatoms. The fourth-order valence-corrected chi connectivity index (χ4v) is 2.26. The molecule has 2 aromatic rings. The number of rotatable bonds is 5. The number of carbonyl (C=O) groups is 2.